The average molecular weight is 312 g/mol. The minimum Gasteiger partial charge on any atom is -0.396 e. The van der Waals surface area contributed by atoms with Crippen LogP contribution in [-0.2, 0) is 6.54 Å². The van der Waals surface area contributed by atoms with Gasteiger partial charge in [-0.1, -0.05) is 16.8 Å². The van der Waals surface area contributed by atoms with Crippen molar-refractivity contribution in [2.75, 3.05) is 26.3 Å². The number of aromatic nitrogens is 2. The molecular weight excluding hydrogens is 294 g/mol. The summed E-state index contributed by atoms with van der Waals surface area (Å²) in [7, 11) is 0. The van der Waals surface area contributed by atoms with Crippen molar-refractivity contribution >= 4 is 11.6 Å². The fourth-order valence-electron chi connectivity index (χ4n) is 1.93. The summed E-state index contributed by atoms with van der Waals surface area (Å²) in [6, 6.07) is 7.20. The summed E-state index contributed by atoms with van der Waals surface area (Å²) < 4.78 is 5.23. The second kappa shape index (κ2) is 8.09. The minimum absolute atomic E-state index is 0.0452. The number of aliphatic hydroxyl groups excluding tert-OH is 2. The molecule has 6 nitrogen and oxygen atoms in total. The quantitative estimate of drug-likeness (QED) is 0.770. The lowest BCUT2D eigenvalue weighted by molar-refractivity contribution is 0.160. The number of hydrogen-bond donors (Lipinski definition) is 2. The first-order valence-corrected chi connectivity index (χ1v) is 7.13. The van der Waals surface area contributed by atoms with Crippen molar-refractivity contribution < 1.29 is 14.7 Å². The number of rotatable bonds is 8. The van der Waals surface area contributed by atoms with E-state index >= 15 is 0 Å². The number of halogens is 1. The van der Waals surface area contributed by atoms with Gasteiger partial charge in [0.2, 0.25) is 11.7 Å². The van der Waals surface area contributed by atoms with Crippen molar-refractivity contribution in [1.82, 2.24) is 15.0 Å². The molecule has 0 saturated carbocycles. The number of benzene rings is 1. The Kier molecular flexibility index (Phi) is 6.13. The molecule has 0 aliphatic heterocycles. The highest BCUT2D eigenvalue weighted by atomic mass is 35.5. The molecule has 7 heteroatoms. The first-order valence-electron chi connectivity index (χ1n) is 6.75. The van der Waals surface area contributed by atoms with Crippen molar-refractivity contribution in [2.24, 2.45) is 0 Å². The van der Waals surface area contributed by atoms with Crippen LogP contribution in [0.1, 0.15) is 12.3 Å². The molecule has 0 aliphatic carbocycles. The number of nitrogens with zero attached hydrogens (tertiary/aromatic N) is 3. The average Bonchev–Trinajstić information content (AvgIpc) is 2.94. The van der Waals surface area contributed by atoms with Gasteiger partial charge in [-0.15, -0.1) is 0 Å². The van der Waals surface area contributed by atoms with Gasteiger partial charge in [0.1, 0.15) is 0 Å². The van der Waals surface area contributed by atoms with Gasteiger partial charge in [-0.25, -0.2) is 0 Å². The van der Waals surface area contributed by atoms with Gasteiger partial charge >= 0.3 is 0 Å². The maximum absolute atomic E-state index is 9.04. The van der Waals surface area contributed by atoms with Crippen LogP contribution in [0.15, 0.2) is 28.8 Å². The van der Waals surface area contributed by atoms with E-state index in [1.807, 2.05) is 17.0 Å². The van der Waals surface area contributed by atoms with Crippen molar-refractivity contribution in [3.05, 3.63) is 35.2 Å². The molecule has 0 spiro atoms. The van der Waals surface area contributed by atoms with E-state index in [1.54, 1.807) is 12.1 Å². The van der Waals surface area contributed by atoms with Crippen LogP contribution in [0, 0.1) is 0 Å². The van der Waals surface area contributed by atoms with E-state index in [9.17, 15) is 0 Å². The van der Waals surface area contributed by atoms with Crippen LogP contribution in [0.25, 0.3) is 11.4 Å². The summed E-state index contributed by atoms with van der Waals surface area (Å²) in [4.78, 5) is 6.29. The highest BCUT2D eigenvalue weighted by Gasteiger charge is 2.12. The normalized spacial score (nSPS) is 11.2. The molecule has 2 aromatic rings. The topological polar surface area (TPSA) is 82.6 Å². The molecular formula is C14H18ClN3O3. The standard InChI is InChI=1S/C14H18ClN3O3/c15-12-4-2-11(3-5-12)14-16-13(21-17-14)10-18(7-9-20)6-1-8-19/h2-5,19-20H,1,6-10H2. The smallest absolute Gasteiger partial charge is 0.241 e. The van der Waals surface area contributed by atoms with E-state index in [-0.39, 0.29) is 13.2 Å². The van der Waals surface area contributed by atoms with Crippen molar-refractivity contribution in [2.45, 2.75) is 13.0 Å². The van der Waals surface area contributed by atoms with Gasteiger partial charge in [0, 0.05) is 30.3 Å². The first-order chi connectivity index (χ1) is 10.2. The summed E-state index contributed by atoms with van der Waals surface area (Å²) in [6.45, 7) is 1.76. The van der Waals surface area contributed by atoms with Crippen molar-refractivity contribution in [3.8, 4) is 11.4 Å². The molecule has 0 radical (unpaired) electrons. The third kappa shape index (κ3) is 4.78. The molecule has 0 bridgehead atoms. The lowest BCUT2D eigenvalue weighted by Crippen LogP contribution is -2.28. The Morgan fingerprint density at radius 1 is 1.10 bits per heavy atom. The van der Waals surface area contributed by atoms with Gasteiger partial charge in [-0.05, 0) is 30.7 Å². The zero-order valence-corrected chi connectivity index (χ0v) is 12.3. The summed E-state index contributed by atoms with van der Waals surface area (Å²) in [5, 5.41) is 22.5. The van der Waals surface area contributed by atoms with Crippen LogP contribution in [0.4, 0.5) is 0 Å². The van der Waals surface area contributed by atoms with E-state index in [0.717, 1.165) is 5.56 Å². The Morgan fingerprint density at radius 2 is 1.86 bits per heavy atom. The van der Waals surface area contributed by atoms with Crippen LogP contribution in [0.3, 0.4) is 0 Å². The summed E-state index contributed by atoms with van der Waals surface area (Å²) in [5.74, 6) is 0.985. The van der Waals surface area contributed by atoms with Crippen molar-refractivity contribution in [1.29, 1.82) is 0 Å². The fraction of sp³-hybridized carbons (Fsp3) is 0.429. The molecule has 1 aromatic carbocycles. The van der Waals surface area contributed by atoms with Gasteiger partial charge in [0.05, 0.1) is 13.2 Å². The predicted molar refractivity (Wildman–Crippen MR) is 78.8 cm³/mol. The van der Waals surface area contributed by atoms with E-state index in [4.69, 9.17) is 26.3 Å². The molecule has 0 amide bonds. The second-order valence-electron chi connectivity index (χ2n) is 4.60. The van der Waals surface area contributed by atoms with Crippen LogP contribution >= 0.6 is 11.6 Å². The summed E-state index contributed by atoms with van der Waals surface area (Å²) in [5.41, 5.74) is 0.832. The molecule has 2 N–H and O–H groups in total. The Balaban J connectivity index is 2.02. The van der Waals surface area contributed by atoms with Crippen LogP contribution in [0.2, 0.25) is 5.02 Å². The molecule has 0 atom stereocenters. The maximum Gasteiger partial charge on any atom is 0.241 e. The SMILES string of the molecule is OCCCN(CCO)Cc1nc(-c2ccc(Cl)cc2)no1. The van der Waals surface area contributed by atoms with E-state index < -0.39 is 0 Å². The second-order valence-corrected chi connectivity index (χ2v) is 5.03. The van der Waals surface area contributed by atoms with Gasteiger partial charge < -0.3 is 14.7 Å². The summed E-state index contributed by atoms with van der Waals surface area (Å²) >= 11 is 5.84. The fourth-order valence-corrected chi connectivity index (χ4v) is 2.06. The zero-order chi connectivity index (χ0) is 15.1. The monoisotopic (exact) mass is 311 g/mol. The van der Waals surface area contributed by atoms with Gasteiger partial charge in [0.25, 0.3) is 0 Å². The Labute approximate surface area is 128 Å². The lowest BCUT2D eigenvalue weighted by Gasteiger charge is -2.18. The van der Waals surface area contributed by atoms with Crippen LogP contribution in [0.5, 0.6) is 0 Å². The molecule has 2 rings (SSSR count). The third-order valence-corrected chi connectivity index (χ3v) is 3.23. The Morgan fingerprint density at radius 3 is 2.52 bits per heavy atom. The van der Waals surface area contributed by atoms with Gasteiger partial charge in [-0.2, -0.15) is 4.98 Å². The highest BCUT2D eigenvalue weighted by Crippen LogP contribution is 2.19. The van der Waals surface area contributed by atoms with Gasteiger partial charge in [-0.3, -0.25) is 4.90 Å². The maximum atomic E-state index is 9.04. The Hall–Kier alpha value is -1.47. The molecule has 1 aromatic heterocycles. The van der Waals surface area contributed by atoms with E-state index in [0.29, 0.717) is 42.8 Å². The molecule has 1 heterocycles. The summed E-state index contributed by atoms with van der Waals surface area (Å²) in [6.07, 6.45) is 0.637. The molecule has 0 aliphatic rings. The van der Waals surface area contributed by atoms with E-state index in [1.165, 1.54) is 0 Å². The molecule has 0 unspecified atom stereocenters. The van der Waals surface area contributed by atoms with Gasteiger partial charge in [0.15, 0.2) is 0 Å². The Bertz CT molecular complexity index is 545. The molecule has 114 valence electrons. The molecule has 21 heavy (non-hydrogen) atoms. The lowest BCUT2D eigenvalue weighted by atomic mass is 10.2. The molecule has 0 fully saturated rings. The molecule has 0 saturated heterocycles. The van der Waals surface area contributed by atoms with Crippen LogP contribution in [-0.4, -0.2) is 51.6 Å². The minimum atomic E-state index is 0.0452. The predicted octanol–water partition coefficient (Wildman–Crippen LogP) is 1.57. The zero-order valence-electron chi connectivity index (χ0n) is 11.6. The third-order valence-electron chi connectivity index (χ3n) is 2.98. The van der Waals surface area contributed by atoms with Crippen molar-refractivity contribution in [3.63, 3.8) is 0 Å². The largest absolute Gasteiger partial charge is 0.396 e. The highest BCUT2D eigenvalue weighted by molar-refractivity contribution is 6.30. The number of aliphatic hydroxyl groups is 2. The van der Waals surface area contributed by atoms with Crippen LogP contribution < -0.4 is 0 Å². The van der Waals surface area contributed by atoms with E-state index in [2.05, 4.69) is 10.1 Å². The number of hydrogen-bond acceptors (Lipinski definition) is 6. The first kappa shape index (κ1) is 15.9.